The highest BCUT2D eigenvalue weighted by atomic mass is 15.2. The number of anilines is 3. The summed E-state index contributed by atoms with van der Waals surface area (Å²) in [6, 6.07) is 27.0. The van der Waals surface area contributed by atoms with E-state index in [0.717, 1.165) is 0 Å². The Morgan fingerprint density at radius 3 is 2.44 bits per heavy atom. The fourth-order valence-electron chi connectivity index (χ4n) is 6.17. The maximum atomic E-state index is 2.54. The van der Waals surface area contributed by atoms with Crippen molar-refractivity contribution < 1.29 is 4.57 Å². The van der Waals surface area contributed by atoms with Gasteiger partial charge in [0.2, 0.25) is 5.69 Å². The summed E-state index contributed by atoms with van der Waals surface area (Å²) in [6.45, 7) is 7.02. The van der Waals surface area contributed by atoms with Crippen LogP contribution in [0.3, 0.4) is 0 Å². The molecule has 0 radical (unpaired) electrons. The Balaban J connectivity index is 1.78. The van der Waals surface area contributed by atoms with Gasteiger partial charge in [0.25, 0.3) is 0 Å². The third kappa shape index (κ3) is 1.99. The maximum Gasteiger partial charge on any atom is 0.224 e. The van der Waals surface area contributed by atoms with Crippen LogP contribution in [-0.2, 0) is 12.5 Å². The molecular formula is C30H25N2+. The van der Waals surface area contributed by atoms with Crippen molar-refractivity contribution in [2.75, 3.05) is 4.90 Å². The number of hydrogen-bond acceptors (Lipinski definition) is 1. The average molecular weight is 414 g/mol. The number of aryl methyl sites for hydroxylation is 2. The van der Waals surface area contributed by atoms with E-state index in [1.807, 2.05) is 0 Å². The number of aromatic nitrogens is 1. The van der Waals surface area contributed by atoms with Gasteiger partial charge in [0.1, 0.15) is 7.05 Å². The van der Waals surface area contributed by atoms with Crippen LogP contribution in [0.25, 0.3) is 32.8 Å². The molecule has 7 rings (SSSR count). The van der Waals surface area contributed by atoms with E-state index in [1.165, 1.54) is 66.6 Å². The molecule has 1 aromatic heterocycles. The summed E-state index contributed by atoms with van der Waals surface area (Å²) in [7, 11) is 2.18. The number of rotatable bonds is 0. The molecule has 0 saturated heterocycles. The summed E-state index contributed by atoms with van der Waals surface area (Å²) in [6.07, 6.45) is 2.21. The highest BCUT2D eigenvalue weighted by Gasteiger charge is 2.43. The van der Waals surface area contributed by atoms with Crippen molar-refractivity contribution in [3.05, 3.63) is 95.7 Å². The number of pyridine rings is 1. The summed E-state index contributed by atoms with van der Waals surface area (Å²) in [5.41, 5.74) is 10.7. The number of fused-ring (bicyclic) bond motifs is 6. The van der Waals surface area contributed by atoms with Crippen molar-refractivity contribution in [1.29, 1.82) is 0 Å². The van der Waals surface area contributed by atoms with Gasteiger partial charge >= 0.3 is 0 Å². The molecule has 2 aliphatic rings. The highest BCUT2D eigenvalue weighted by molar-refractivity contribution is 6.16. The van der Waals surface area contributed by atoms with Crippen molar-refractivity contribution >= 4 is 38.6 Å². The molecule has 2 aliphatic heterocycles. The minimum atomic E-state index is -0.0638. The Hall–Kier alpha value is -3.65. The van der Waals surface area contributed by atoms with Crippen molar-refractivity contribution in [1.82, 2.24) is 0 Å². The monoisotopic (exact) mass is 413 g/mol. The van der Waals surface area contributed by atoms with E-state index in [9.17, 15) is 0 Å². The predicted octanol–water partition coefficient (Wildman–Crippen LogP) is 7.22. The van der Waals surface area contributed by atoms with Gasteiger partial charge < -0.3 is 4.90 Å². The van der Waals surface area contributed by atoms with Crippen molar-refractivity contribution in [3.63, 3.8) is 0 Å². The Bertz CT molecular complexity index is 1620. The first-order valence-electron chi connectivity index (χ1n) is 11.4. The molecule has 32 heavy (non-hydrogen) atoms. The zero-order valence-electron chi connectivity index (χ0n) is 18.9. The third-order valence-electron chi connectivity index (χ3n) is 7.76. The molecule has 0 N–H and O–H groups in total. The first-order valence-corrected chi connectivity index (χ1v) is 11.4. The minimum absolute atomic E-state index is 0.0638. The van der Waals surface area contributed by atoms with Gasteiger partial charge in [0, 0.05) is 11.5 Å². The molecule has 5 aromatic rings. The minimum Gasteiger partial charge on any atom is -0.308 e. The first-order chi connectivity index (χ1) is 15.5. The highest BCUT2D eigenvalue weighted by Crippen LogP contribution is 2.59. The van der Waals surface area contributed by atoms with Crippen LogP contribution < -0.4 is 9.47 Å². The molecule has 0 bridgehead atoms. The summed E-state index contributed by atoms with van der Waals surface area (Å²) in [5.74, 6) is 0. The van der Waals surface area contributed by atoms with Crippen LogP contribution in [0.4, 0.5) is 17.1 Å². The Labute approximate surface area is 188 Å². The lowest BCUT2D eigenvalue weighted by molar-refractivity contribution is -0.659. The lowest BCUT2D eigenvalue weighted by atomic mass is 9.71. The van der Waals surface area contributed by atoms with E-state index in [-0.39, 0.29) is 5.41 Å². The molecule has 4 aromatic carbocycles. The van der Waals surface area contributed by atoms with E-state index >= 15 is 0 Å². The Morgan fingerprint density at radius 1 is 0.781 bits per heavy atom. The number of para-hydroxylation sites is 1. The van der Waals surface area contributed by atoms with Gasteiger partial charge in [-0.3, -0.25) is 0 Å². The summed E-state index contributed by atoms with van der Waals surface area (Å²) < 4.78 is 2.31. The van der Waals surface area contributed by atoms with Crippen molar-refractivity contribution in [2.24, 2.45) is 7.05 Å². The van der Waals surface area contributed by atoms with E-state index < -0.39 is 0 Å². The third-order valence-corrected chi connectivity index (χ3v) is 7.76. The second-order valence-electron chi connectivity index (χ2n) is 9.80. The summed E-state index contributed by atoms with van der Waals surface area (Å²) >= 11 is 0. The topological polar surface area (TPSA) is 7.12 Å². The SMILES string of the molecule is Cc1c2c(cc3ccccc13)N1c3ccccc3C(C)(C)c3ccc4cc[n+](C)c-2c4c31. The van der Waals surface area contributed by atoms with Crippen molar-refractivity contribution in [3.8, 4) is 11.3 Å². The average Bonchev–Trinajstić information content (AvgIpc) is 2.80. The lowest BCUT2D eigenvalue weighted by Gasteiger charge is -2.44. The molecule has 3 heterocycles. The molecule has 2 nitrogen and oxygen atoms in total. The molecule has 0 unspecified atom stereocenters. The van der Waals surface area contributed by atoms with Crippen LogP contribution in [0.5, 0.6) is 0 Å². The van der Waals surface area contributed by atoms with Crippen molar-refractivity contribution in [2.45, 2.75) is 26.2 Å². The van der Waals surface area contributed by atoms with E-state index in [2.05, 4.69) is 116 Å². The smallest absolute Gasteiger partial charge is 0.224 e. The van der Waals surface area contributed by atoms with Crippen LogP contribution >= 0.6 is 0 Å². The van der Waals surface area contributed by atoms with Gasteiger partial charge in [-0.15, -0.1) is 0 Å². The molecule has 0 fully saturated rings. The standard InChI is InChI=1S/C30H25N2/c1-18-21-10-6-5-9-20(21)17-25-26(18)29-27-19(15-16-31(29)4)13-14-23-28(27)32(25)24-12-8-7-11-22(24)30(23,2)3/h5-17H,1-4H3/q+1. The summed E-state index contributed by atoms with van der Waals surface area (Å²) in [4.78, 5) is 2.54. The van der Waals surface area contributed by atoms with Crippen LogP contribution in [0.2, 0.25) is 0 Å². The fourth-order valence-corrected chi connectivity index (χ4v) is 6.17. The van der Waals surface area contributed by atoms with Crippen LogP contribution in [0.15, 0.2) is 79.0 Å². The Morgan fingerprint density at radius 2 is 1.56 bits per heavy atom. The van der Waals surface area contributed by atoms with Gasteiger partial charge in [0.05, 0.1) is 28.0 Å². The molecular weight excluding hydrogens is 388 g/mol. The number of nitrogens with zero attached hydrogens (tertiary/aromatic N) is 2. The van der Waals surface area contributed by atoms with E-state index in [1.54, 1.807) is 0 Å². The van der Waals surface area contributed by atoms with Gasteiger partial charge in [-0.1, -0.05) is 68.4 Å². The van der Waals surface area contributed by atoms with Crippen LogP contribution in [0.1, 0.15) is 30.5 Å². The zero-order chi connectivity index (χ0) is 21.8. The fraction of sp³-hybridized carbons (Fsp3) is 0.167. The molecule has 0 saturated carbocycles. The van der Waals surface area contributed by atoms with E-state index in [4.69, 9.17) is 0 Å². The van der Waals surface area contributed by atoms with Gasteiger partial charge in [-0.25, -0.2) is 4.57 Å². The van der Waals surface area contributed by atoms with Crippen LogP contribution in [0, 0.1) is 6.92 Å². The largest absolute Gasteiger partial charge is 0.308 e. The molecule has 2 heteroatoms. The maximum absolute atomic E-state index is 2.54. The van der Waals surface area contributed by atoms with E-state index in [0.29, 0.717) is 0 Å². The number of benzene rings is 4. The molecule has 0 spiro atoms. The molecule has 154 valence electrons. The second-order valence-corrected chi connectivity index (χ2v) is 9.80. The normalized spacial score (nSPS) is 15.1. The quantitative estimate of drug-likeness (QED) is 0.239. The molecule has 0 amide bonds. The molecule has 0 atom stereocenters. The first kappa shape index (κ1) is 18.0. The summed E-state index contributed by atoms with van der Waals surface area (Å²) in [5, 5.41) is 5.28. The van der Waals surface area contributed by atoms with Gasteiger partial charge in [-0.05, 0) is 51.9 Å². The lowest BCUT2D eigenvalue weighted by Crippen LogP contribution is -2.37. The van der Waals surface area contributed by atoms with Crippen LogP contribution in [-0.4, -0.2) is 0 Å². The Kier molecular flexibility index (Phi) is 3.24. The van der Waals surface area contributed by atoms with Gasteiger partial charge in [-0.2, -0.15) is 0 Å². The second kappa shape index (κ2) is 5.77. The zero-order valence-corrected chi connectivity index (χ0v) is 18.9. The predicted molar refractivity (Wildman–Crippen MR) is 133 cm³/mol. The number of hydrogen-bond donors (Lipinski definition) is 0. The molecule has 0 aliphatic carbocycles. The van der Waals surface area contributed by atoms with Gasteiger partial charge in [0.15, 0.2) is 6.20 Å².